The third-order valence-corrected chi connectivity index (χ3v) is 9.19. The van der Waals surface area contributed by atoms with Crippen LogP contribution in [0.1, 0.15) is 35.4 Å². The maximum Gasteiger partial charge on any atom is 0.285 e. The number of hydrogen-bond donors (Lipinski definition) is 0. The number of hydrogen-bond acceptors (Lipinski definition) is 5. The summed E-state index contributed by atoms with van der Waals surface area (Å²) in [6.07, 6.45) is 4.12. The molecule has 1 spiro atoms. The van der Waals surface area contributed by atoms with Crippen LogP contribution in [0.4, 0.5) is 5.69 Å². The standard InChI is InChI=1S/C34H29N3O3S/c1-24-17-21-29(22-18-24)41(38,39)36-33-34(23-30(40-33)25-11-5-2-6-12-25)31(26-13-7-3-8-14-26)32(27-19-20-27)35-37(34)28-15-9-4-10-16-28/h2-18,21-23,27,31H,19-20H2,1H3/b36-33-. The highest BCUT2D eigenvalue weighted by Gasteiger charge is 2.61. The highest BCUT2D eigenvalue weighted by molar-refractivity contribution is 7.90. The molecule has 41 heavy (non-hydrogen) atoms. The Morgan fingerprint density at radius 3 is 2.07 bits per heavy atom. The van der Waals surface area contributed by atoms with E-state index in [2.05, 4.69) is 16.5 Å². The molecule has 4 aromatic rings. The molecule has 0 amide bonds. The highest BCUT2D eigenvalue weighted by Crippen LogP contribution is 2.54. The molecule has 2 atom stereocenters. The number of nitrogens with zero attached hydrogens (tertiary/aromatic N) is 3. The van der Waals surface area contributed by atoms with Crippen LogP contribution in [-0.4, -0.2) is 25.6 Å². The summed E-state index contributed by atoms with van der Waals surface area (Å²) in [4.78, 5) is 0.117. The molecule has 1 aliphatic carbocycles. The summed E-state index contributed by atoms with van der Waals surface area (Å²) >= 11 is 0. The first-order valence-electron chi connectivity index (χ1n) is 13.8. The van der Waals surface area contributed by atoms with Gasteiger partial charge >= 0.3 is 0 Å². The second-order valence-corrected chi connectivity index (χ2v) is 12.4. The number of benzene rings is 4. The van der Waals surface area contributed by atoms with Crippen molar-refractivity contribution in [1.29, 1.82) is 0 Å². The summed E-state index contributed by atoms with van der Waals surface area (Å²) < 4.78 is 38.7. The van der Waals surface area contributed by atoms with Crippen LogP contribution in [0.3, 0.4) is 0 Å². The second-order valence-electron chi connectivity index (χ2n) is 10.8. The van der Waals surface area contributed by atoms with E-state index in [0.717, 1.165) is 40.9 Å². The van der Waals surface area contributed by atoms with E-state index in [9.17, 15) is 8.42 Å². The van der Waals surface area contributed by atoms with Gasteiger partial charge < -0.3 is 4.74 Å². The van der Waals surface area contributed by atoms with Crippen LogP contribution in [0.2, 0.25) is 0 Å². The van der Waals surface area contributed by atoms with E-state index in [0.29, 0.717) is 11.7 Å². The molecule has 3 aliphatic rings. The number of para-hydroxylation sites is 1. The van der Waals surface area contributed by atoms with Crippen molar-refractivity contribution in [2.45, 2.75) is 36.1 Å². The first-order valence-corrected chi connectivity index (χ1v) is 15.3. The van der Waals surface area contributed by atoms with Gasteiger partial charge in [0.05, 0.1) is 22.2 Å². The predicted molar refractivity (Wildman–Crippen MR) is 162 cm³/mol. The fraction of sp³-hybridized carbons (Fsp3) is 0.176. The number of rotatable bonds is 6. The summed E-state index contributed by atoms with van der Waals surface area (Å²) in [5.74, 6) is 0.658. The van der Waals surface area contributed by atoms with Crippen LogP contribution in [0.15, 0.2) is 136 Å². The third kappa shape index (κ3) is 4.46. The molecular formula is C34H29N3O3S. The molecule has 0 radical (unpaired) electrons. The fourth-order valence-corrected chi connectivity index (χ4v) is 6.74. The molecule has 1 fully saturated rings. The molecule has 0 aromatic heterocycles. The lowest BCUT2D eigenvalue weighted by Crippen LogP contribution is -2.51. The molecule has 204 valence electrons. The maximum atomic E-state index is 13.9. The van der Waals surface area contributed by atoms with E-state index in [4.69, 9.17) is 9.84 Å². The number of aryl methyl sites for hydroxylation is 1. The predicted octanol–water partition coefficient (Wildman–Crippen LogP) is 6.96. The maximum absolute atomic E-state index is 13.9. The smallest absolute Gasteiger partial charge is 0.285 e. The van der Waals surface area contributed by atoms with Gasteiger partial charge in [-0.1, -0.05) is 96.6 Å². The molecule has 7 heteroatoms. The first-order chi connectivity index (χ1) is 20.0. The minimum Gasteiger partial charge on any atom is -0.439 e. The average molecular weight is 560 g/mol. The van der Waals surface area contributed by atoms with E-state index in [1.807, 2.05) is 96.9 Å². The number of ether oxygens (including phenoxy) is 1. The molecule has 0 bridgehead atoms. The van der Waals surface area contributed by atoms with Crippen LogP contribution in [0.25, 0.3) is 5.76 Å². The van der Waals surface area contributed by atoms with Crippen LogP contribution in [0.5, 0.6) is 0 Å². The van der Waals surface area contributed by atoms with E-state index in [1.54, 1.807) is 24.3 Å². The van der Waals surface area contributed by atoms with E-state index in [-0.39, 0.29) is 16.7 Å². The fourth-order valence-electron chi connectivity index (χ4n) is 5.76. The Kier molecular flexibility index (Phi) is 6.12. The van der Waals surface area contributed by atoms with Crippen LogP contribution in [-0.2, 0) is 14.8 Å². The Labute approximate surface area is 240 Å². The molecule has 0 N–H and O–H groups in total. The van der Waals surface area contributed by atoms with Gasteiger partial charge in [-0.2, -0.15) is 13.5 Å². The third-order valence-electron chi connectivity index (χ3n) is 7.91. The van der Waals surface area contributed by atoms with Crippen LogP contribution < -0.4 is 5.01 Å². The first kappa shape index (κ1) is 25.5. The van der Waals surface area contributed by atoms with Gasteiger partial charge in [0.2, 0.25) is 5.90 Å². The molecule has 4 aromatic carbocycles. The Hall–Kier alpha value is -4.49. The number of anilines is 1. The topological polar surface area (TPSA) is 71.3 Å². The van der Waals surface area contributed by atoms with Crippen LogP contribution in [0, 0.1) is 12.8 Å². The van der Waals surface area contributed by atoms with Crippen molar-refractivity contribution in [1.82, 2.24) is 0 Å². The molecule has 7 rings (SSSR count). The van der Waals surface area contributed by atoms with Crippen molar-refractivity contribution in [2.75, 3.05) is 5.01 Å². The molecule has 2 aliphatic heterocycles. The summed E-state index contributed by atoms with van der Waals surface area (Å²) in [6.45, 7) is 1.92. The van der Waals surface area contributed by atoms with Gasteiger partial charge in [-0.05, 0) is 61.6 Å². The minimum atomic E-state index is -4.11. The minimum absolute atomic E-state index is 0.0917. The van der Waals surface area contributed by atoms with Gasteiger partial charge in [0.15, 0.2) is 5.54 Å². The van der Waals surface area contributed by atoms with Gasteiger partial charge in [0.25, 0.3) is 10.0 Å². The lowest BCUT2D eigenvalue weighted by molar-refractivity contribution is 0.473. The Bertz CT molecular complexity index is 1780. The van der Waals surface area contributed by atoms with E-state index >= 15 is 0 Å². The lowest BCUT2D eigenvalue weighted by atomic mass is 9.75. The van der Waals surface area contributed by atoms with Gasteiger partial charge in [0.1, 0.15) is 5.76 Å². The Balaban J connectivity index is 1.50. The molecule has 0 saturated heterocycles. The van der Waals surface area contributed by atoms with Crippen molar-refractivity contribution in [3.05, 3.63) is 138 Å². The molecule has 2 unspecified atom stereocenters. The zero-order valence-electron chi connectivity index (χ0n) is 22.6. The summed E-state index contributed by atoms with van der Waals surface area (Å²) in [6, 6.07) is 36.5. The van der Waals surface area contributed by atoms with Gasteiger partial charge in [-0.25, -0.2) is 5.01 Å². The number of hydrazone groups is 1. The lowest BCUT2D eigenvalue weighted by Gasteiger charge is -2.36. The molecule has 2 heterocycles. The second kappa shape index (κ2) is 9.85. The normalized spacial score (nSPS) is 23.0. The molecular weight excluding hydrogens is 530 g/mol. The summed E-state index contributed by atoms with van der Waals surface area (Å²) in [5.41, 5.74) is 3.56. The van der Waals surface area contributed by atoms with Gasteiger partial charge in [-0.15, -0.1) is 4.40 Å². The van der Waals surface area contributed by atoms with Crippen LogP contribution >= 0.6 is 0 Å². The Morgan fingerprint density at radius 1 is 0.829 bits per heavy atom. The SMILES string of the molecule is Cc1ccc(S(=O)(=O)/N=C2\OC(c3ccccc3)=CC23C(c2ccccc2)C(C2CC2)=NN3c2ccccc2)cc1. The van der Waals surface area contributed by atoms with Crippen molar-refractivity contribution < 1.29 is 13.2 Å². The number of sulfonamides is 1. The average Bonchev–Trinajstić information content (AvgIpc) is 3.71. The summed E-state index contributed by atoms with van der Waals surface area (Å²) in [5, 5.41) is 7.18. The van der Waals surface area contributed by atoms with Gasteiger partial charge in [0, 0.05) is 5.56 Å². The zero-order valence-corrected chi connectivity index (χ0v) is 23.4. The molecule has 6 nitrogen and oxygen atoms in total. The zero-order chi connectivity index (χ0) is 28.0. The summed E-state index contributed by atoms with van der Waals surface area (Å²) in [7, 11) is -4.11. The van der Waals surface area contributed by atoms with Crippen molar-refractivity contribution >= 4 is 33.1 Å². The van der Waals surface area contributed by atoms with E-state index < -0.39 is 15.6 Å². The van der Waals surface area contributed by atoms with E-state index in [1.165, 1.54) is 0 Å². The monoisotopic (exact) mass is 559 g/mol. The quantitative estimate of drug-likeness (QED) is 0.256. The highest BCUT2D eigenvalue weighted by atomic mass is 32.2. The van der Waals surface area contributed by atoms with Gasteiger partial charge in [-0.3, -0.25) is 0 Å². The molecule has 1 saturated carbocycles. The van der Waals surface area contributed by atoms with Crippen molar-refractivity contribution in [2.24, 2.45) is 15.4 Å². The Morgan fingerprint density at radius 2 is 1.44 bits per heavy atom. The van der Waals surface area contributed by atoms with Crippen molar-refractivity contribution in [3.8, 4) is 0 Å². The largest absolute Gasteiger partial charge is 0.439 e. The van der Waals surface area contributed by atoms with Crippen molar-refractivity contribution in [3.63, 3.8) is 0 Å².